The predicted octanol–water partition coefficient (Wildman–Crippen LogP) is 2.52. The van der Waals surface area contributed by atoms with Gasteiger partial charge in [0.25, 0.3) is 0 Å². The van der Waals surface area contributed by atoms with Gasteiger partial charge in [0.2, 0.25) is 5.60 Å². The van der Waals surface area contributed by atoms with Crippen molar-refractivity contribution in [3.05, 3.63) is 44.8 Å². The molecule has 0 aromatic carbocycles. The summed E-state index contributed by atoms with van der Waals surface area (Å²) in [7, 11) is 0. The van der Waals surface area contributed by atoms with Gasteiger partial charge in [-0.05, 0) is 35.7 Å². The zero-order valence-electron chi connectivity index (χ0n) is 18.3. The molecule has 0 aliphatic carbocycles. The lowest BCUT2D eigenvalue weighted by Gasteiger charge is -2.51. The van der Waals surface area contributed by atoms with Crippen molar-refractivity contribution in [3.63, 3.8) is 0 Å². The Morgan fingerprint density at radius 1 is 1.18 bits per heavy atom. The predicted molar refractivity (Wildman–Crippen MR) is 118 cm³/mol. The van der Waals surface area contributed by atoms with Crippen LogP contribution in [0.1, 0.15) is 29.5 Å². The minimum Gasteiger partial charge on any atom is -0.542 e. The molecule has 0 unspecified atom stereocenters. The third-order valence-corrected chi connectivity index (χ3v) is 8.13. The highest BCUT2D eigenvalue weighted by molar-refractivity contribution is 7.12. The molecule has 6 nitrogen and oxygen atoms in total. The molecule has 1 atom stereocenters. The second-order valence-electron chi connectivity index (χ2n) is 8.29. The van der Waals surface area contributed by atoms with E-state index in [2.05, 4.69) is 11.8 Å². The number of rotatable bonds is 5. The van der Waals surface area contributed by atoms with E-state index < -0.39 is 23.7 Å². The number of aliphatic carboxylic acids is 1. The Bertz CT molecular complexity index is 999. The fraction of sp³-hybridized carbons (Fsp3) is 0.478. The van der Waals surface area contributed by atoms with Crippen molar-refractivity contribution in [2.75, 3.05) is 26.2 Å². The molecule has 2 aromatic rings. The molecule has 3 fully saturated rings. The molecular weight excluding hydrogens is 491 g/mol. The number of alkyl halides is 3. The van der Waals surface area contributed by atoms with Crippen LogP contribution in [0.15, 0.2) is 35.0 Å². The first-order valence-electron chi connectivity index (χ1n) is 10.6. The number of fused-ring (bicyclic) bond motifs is 3. The number of carbonyl (C=O) groups excluding carboxylic acids is 2. The number of halogens is 3. The summed E-state index contributed by atoms with van der Waals surface area (Å²) in [6.45, 7) is 5.70. The SMILES string of the molecule is CC#CC[N+]12CCC(CC1)[C@@H](OC(=O)C(O)(c1cccs1)c1cccs1)C2.O=C([O-])C(F)(F)F. The Hall–Kier alpha value is -2.39. The summed E-state index contributed by atoms with van der Waals surface area (Å²) in [5, 5.41) is 24.0. The van der Waals surface area contributed by atoms with E-state index in [1.165, 1.54) is 22.7 Å². The average molecular weight is 516 g/mol. The number of carbonyl (C=O) groups is 2. The van der Waals surface area contributed by atoms with Gasteiger partial charge in [-0.2, -0.15) is 13.2 Å². The van der Waals surface area contributed by atoms with Crippen LogP contribution in [0.2, 0.25) is 0 Å². The van der Waals surface area contributed by atoms with Gasteiger partial charge in [0.05, 0.1) is 22.8 Å². The van der Waals surface area contributed by atoms with Crippen LogP contribution in [-0.2, 0) is 19.9 Å². The summed E-state index contributed by atoms with van der Waals surface area (Å²) in [5.41, 5.74) is -1.72. The van der Waals surface area contributed by atoms with Crippen LogP contribution in [-0.4, -0.2) is 60.0 Å². The van der Waals surface area contributed by atoms with Crippen LogP contribution < -0.4 is 5.11 Å². The lowest BCUT2D eigenvalue weighted by molar-refractivity contribution is -0.939. The lowest BCUT2D eigenvalue weighted by atomic mass is 9.83. The molecule has 3 aliphatic rings. The molecule has 5 rings (SSSR count). The quantitative estimate of drug-likeness (QED) is 0.376. The maximum atomic E-state index is 13.2. The fourth-order valence-electron chi connectivity index (χ4n) is 4.34. The van der Waals surface area contributed by atoms with E-state index >= 15 is 0 Å². The Labute approximate surface area is 203 Å². The van der Waals surface area contributed by atoms with Crippen molar-refractivity contribution in [1.29, 1.82) is 0 Å². The Morgan fingerprint density at radius 2 is 1.71 bits per heavy atom. The van der Waals surface area contributed by atoms with E-state index in [9.17, 15) is 23.1 Å². The minimum atomic E-state index is -5.19. The van der Waals surface area contributed by atoms with Crippen LogP contribution in [0.5, 0.6) is 0 Å². The number of aliphatic hydroxyl groups is 1. The number of carboxylic acid groups (broad SMARTS) is 1. The molecule has 184 valence electrons. The van der Waals surface area contributed by atoms with Crippen LogP contribution in [0.4, 0.5) is 13.2 Å². The summed E-state index contributed by atoms with van der Waals surface area (Å²) < 4.78 is 38.5. The maximum Gasteiger partial charge on any atom is 0.430 e. The van der Waals surface area contributed by atoms with Gasteiger partial charge in [0.1, 0.15) is 19.1 Å². The molecule has 1 N–H and O–H groups in total. The third-order valence-electron chi connectivity index (χ3n) is 6.17. The largest absolute Gasteiger partial charge is 0.542 e. The normalized spacial score (nSPS) is 23.8. The van der Waals surface area contributed by atoms with E-state index in [0.717, 1.165) is 43.5 Å². The number of piperidine rings is 3. The number of thiophene rings is 2. The van der Waals surface area contributed by atoms with E-state index in [-0.39, 0.29) is 6.10 Å². The van der Waals surface area contributed by atoms with Crippen molar-refractivity contribution in [2.45, 2.75) is 37.6 Å². The van der Waals surface area contributed by atoms with E-state index in [1.807, 2.05) is 29.8 Å². The van der Waals surface area contributed by atoms with Crippen LogP contribution >= 0.6 is 22.7 Å². The Morgan fingerprint density at radius 3 is 2.12 bits per heavy atom. The first-order valence-corrected chi connectivity index (χ1v) is 12.3. The van der Waals surface area contributed by atoms with E-state index in [4.69, 9.17) is 14.6 Å². The van der Waals surface area contributed by atoms with Gasteiger partial charge in [0, 0.05) is 18.8 Å². The second-order valence-corrected chi connectivity index (χ2v) is 10.2. The number of esters is 1. The van der Waals surface area contributed by atoms with Crippen molar-refractivity contribution < 1.29 is 42.2 Å². The zero-order valence-corrected chi connectivity index (χ0v) is 20.0. The number of ether oxygens (including phenoxy) is 1. The highest BCUT2D eigenvalue weighted by Crippen LogP contribution is 2.40. The molecule has 34 heavy (non-hydrogen) atoms. The summed E-state index contributed by atoms with van der Waals surface area (Å²) >= 11 is 2.76. The van der Waals surface area contributed by atoms with Crippen molar-refractivity contribution in [3.8, 4) is 11.8 Å². The van der Waals surface area contributed by atoms with E-state index in [1.54, 1.807) is 12.1 Å². The van der Waals surface area contributed by atoms with Crippen molar-refractivity contribution in [2.24, 2.45) is 5.92 Å². The van der Waals surface area contributed by atoms with Crippen molar-refractivity contribution >= 4 is 34.6 Å². The molecule has 0 radical (unpaired) electrons. The Balaban J connectivity index is 0.000000406. The molecule has 2 aromatic heterocycles. The molecule has 11 heteroatoms. The van der Waals surface area contributed by atoms with Gasteiger partial charge < -0.3 is 24.2 Å². The summed E-state index contributed by atoms with van der Waals surface area (Å²) in [6.07, 6.45) is -3.23. The Kier molecular flexibility index (Phi) is 8.08. The first-order chi connectivity index (χ1) is 16.0. The zero-order chi connectivity index (χ0) is 25.0. The van der Waals surface area contributed by atoms with Crippen LogP contribution in [0.25, 0.3) is 0 Å². The van der Waals surface area contributed by atoms with Crippen LogP contribution in [0, 0.1) is 17.8 Å². The van der Waals surface area contributed by atoms with Gasteiger partial charge in [-0.1, -0.05) is 12.1 Å². The summed E-state index contributed by atoms with van der Waals surface area (Å²) in [4.78, 5) is 23.2. The highest BCUT2D eigenvalue weighted by Gasteiger charge is 2.51. The number of nitrogens with zero attached hydrogens (tertiary/aromatic N) is 1. The summed E-state index contributed by atoms with van der Waals surface area (Å²) in [6, 6.07) is 7.30. The van der Waals surface area contributed by atoms with Gasteiger partial charge in [-0.3, -0.25) is 0 Å². The topological polar surface area (TPSA) is 86.7 Å². The third kappa shape index (κ3) is 5.63. The van der Waals surface area contributed by atoms with Gasteiger partial charge in [-0.15, -0.1) is 28.6 Å². The number of hydrogen-bond donors (Lipinski definition) is 1. The van der Waals surface area contributed by atoms with Gasteiger partial charge in [-0.25, -0.2) is 4.79 Å². The lowest BCUT2D eigenvalue weighted by Crippen LogP contribution is -2.64. The van der Waals surface area contributed by atoms with Gasteiger partial charge >= 0.3 is 12.1 Å². The standard InChI is InChI=1S/C21H24NO3S2.C2HF3O2/c1-2-3-10-22-11-8-16(9-12-22)17(15-22)25-20(23)21(24,18-6-4-13-26-18)19-7-5-14-27-19;3-2(4,5)1(6)7/h4-7,13-14,16-17,24H,8-12,15H2,1H3;(H,6,7)/q+1;/p-1/t16?,17-,22?;/m0./s1. The van der Waals surface area contributed by atoms with E-state index in [0.29, 0.717) is 15.7 Å². The highest BCUT2D eigenvalue weighted by atomic mass is 32.1. The monoisotopic (exact) mass is 515 g/mol. The number of quaternary nitrogens is 1. The molecule has 2 bridgehead atoms. The molecule has 5 heterocycles. The van der Waals surface area contributed by atoms with Crippen LogP contribution in [0.3, 0.4) is 0 Å². The fourth-order valence-corrected chi connectivity index (χ4v) is 6.05. The first kappa shape index (κ1) is 26.2. The van der Waals surface area contributed by atoms with Crippen molar-refractivity contribution in [1.82, 2.24) is 0 Å². The summed E-state index contributed by atoms with van der Waals surface area (Å²) in [5.74, 6) is 3.05. The molecular formula is C23H24F3NO5S2. The molecule has 0 amide bonds. The number of hydrogen-bond acceptors (Lipinski definition) is 7. The average Bonchev–Trinajstić information content (AvgIpc) is 3.53. The number of carboxylic acids is 1. The second kappa shape index (κ2) is 10.5. The molecule has 0 saturated carbocycles. The molecule has 3 aliphatic heterocycles. The maximum absolute atomic E-state index is 13.2. The molecule has 0 spiro atoms. The van der Waals surface area contributed by atoms with Gasteiger partial charge in [0.15, 0.2) is 6.10 Å². The smallest absolute Gasteiger partial charge is 0.430 e. The minimum absolute atomic E-state index is 0.148. The molecule has 3 saturated heterocycles.